The van der Waals surface area contributed by atoms with E-state index in [-0.39, 0.29) is 18.1 Å². The first-order valence-electron chi connectivity index (χ1n) is 9.84. The van der Waals surface area contributed by atoms with Crippen LogP contribution in [0, 0.1) is 13.8 Å². The summed E-state index contributed by atoms with van der Waals surface area (Å²) in [6.07, 6.45) is 5.20. The third kappa shape index (κ3) is 4.01. The highest BCUT2D eigenvalue weighted by Gasteiger charge is 2.20. The number of nitrogens with zero attached hydrogens (tertiary/aromatic N) is 2. The molecule has 0 amide bonds. The second-order valence-electron chi connectivity index (χ2n) is 7.33. The summed E-state index contributed by atoms with van der Waals surface area (Å²) in [5.41, 5.74) is 3.89. The lowest BCUT2D eigenvalue weighted by Crippen LogP contribution is -2.37. The third-order valence-corrected chi connectivity index (χ3v) is 5.28. The van der Waals surface area contributed by atoms with Crippen LogP contribution in [0.4, 0.5) is 0 Å². The molecule has 0 atom stereocenters. The zero-order valence-electron chi connectivity index (χ0n) is 17.0. The number of hydrogen-bond acceptors (Lipinski definition) is 3. The maximum atomic E-state index is 12.9. The van der Waals surface area contributed by atoms with Gasteiger partial charge >= 0.3 is 0 Å². The molecule has 4 rings (SSSR count). The maximum Gasteiger partial charge on any atom is 0.229 e. The molecule has 1 aromatic carbocycles. The summed E-state index contributed by atoms with van der Waals surface area (Å²) in [6.45, 7) is 4.76. The van der Waals surface area contributed by atoms with E-state index in [1.807, 2.05) is 50.2 Å². The molecule has 0 aliphatic heterocycles. The van der Waals surface area contributed by atoms with Gasteiger partial charge in [0, 0.05) is 40.2 Å². The lowest BCUT2D eigenvalue weighted by atomic mass is 10.0. The van der Waals surface area contributed by atoms with E-state index in [2.05, 4.69) is 4.57 Å². The molecule has 5 heteroatoms. The summed E-state index contributed by atoms with van der Waals surface area (Å²) in [4.78, 5) is 25.4. The van der Waals surface area contributed by atoms with E-state index in [9.17, 15) is 9.59 Å². The van der Waals surface area contributed by atoms with Crippen molar-refractivity contribution in [2.45, 2.75) is 26.9 Å². The van der Waals surface area contributed by atoms with Crippen LogP contribution in [0.2, 0.25) is 0 Å². The number of aromatic nitrogens is 2. The van der Waals surface area contributed by atoms with Crippen molar-refractivity contribution < 1.29 is 18.6 Å². The van der Waals surface area contributed by atoms with Crippen LogP contribution in [0.3, 0.4) is 0 Å². The molecule has 0 saturated carbocycles. The molecule has 0 bridgehead atoms. The van der Waals surface area contributed by atoms with Gasteiger partial charge in [0.1, 0.15) is 5.76 Å². The van der Waals surface area contributed by atoms with Gasteiger partial charge in [0.15, 0.2) is 18.2 Å². The summed E-state index contributed by atoms with van der Waals surface area (Å²) in [5, 5.41) is 0. The van der Waals surface area contributed by atoms with Crippen LogP contribution in [0.25, 0.3) is 0 Å². The Kier molecular flexibility index (Phi) is 5.44. The SMILES string of the molecule is Cc1cc(C(=O)C[n+]2ccc(C(=O)c3ccccc3)cc2)c(C)n1Cc1ccco1. The zero-order valence-corrected chi connectivity index (χ0v) is 17.0. The van der Waals surface area contributed by atoms with Gasteiger partial charge in [-0.05, 0) is 32.0 Å². The summed E-state index contributed by atoms with van der Waals surface area (Å²) in [6, 6.07) is 18.4. The van der Waals surface area contributed by atoms with Crippen molar-refractivity contribution in [2.24, 2.45) is 0 Å². The quantitative estimate of drug-likeness (QED) is 0.347. The van der Waals surface area contributed by atoms with E-state index in [0.717, 1.165) is 17.1 Å². The van der Waals surface area contributed by atoms with Crippen LogP contribution in [-0.4, -0.2) is 16.1 Å². The fourth-order valence-electron chi connectivity index (χ4n) is 3.61. The van der Waals surface area contributed by atoms with Crippen molar-refractivity contribution in [2.75, 3.05) is 0 Å². The molecule has 150 valence electrons. The summed E-state index contributed by atoms with van der Waals surface area (Å²) in [5.74, 6) is 0.848. The molecule has 0 aliphatic carbocycles. The number of benzene rings is 1. The molecule has 0 spiro atoms. The van der Waals surface area contributed by atoms with Crippen LogP contribution in [0.1, 0.15) is 43.4 Å². The minimum atomic E-state index is -0.0319. The minimum Gasteiger partial charge on any atom is -0.467 e. The average molecular weight is 399 g/mol. The number of carbonyl (C=O) groups excluding carboxylic acids is 2. The molecule has 3 heterocycles. The van der Waals surface area contributed by atoms with Gasteiger partial charge in [-0.2, -0.15) is 4.57 Å². The fourth-order valence-corrected chi connectivity index (χ4v) is 3.61. The highest BCUT2D eigenvalue weighted by atomic mass is 16.3. The fraction of sp³-hybridized carbons (Fsp3) is 0.160. The second-order valence-corrected chi connectivity index (χ2v) is 7.33. The zero-order chi connectivity index (χ0) is 21.1. The number of pyridine rings is 1. The highest BCUT2D eigenvalue weighted by molar-refractivity contribution is 6.08. The van der Waals surface area contributed by atoms with E-state index >= 15 is 0 Å². The molecule has 0 aliphatic rings. The first kappa shape index (κ1) is 19.6. The Labute approximate surface area is 175 Å². The molecule has 0 fully saturated rings. The first-order valence-corrected chi connectivity index (χ1v) is 9.84. The van der Waals surface area contributed by atoms with Crippen LogP contribution in [-0.2, 0) is 13.1 Å². The number of carbonyl (C=O) groups is 2. The van der Waals surface area contributed by atoms with Crippen molar-refractivity contribution in [1.29, 1.82) is 0 Å². The number of ketones is 2. The number of rotatable bonds is 7. The van der Waals surface area contributed by atoms with Crippen molar-refractivity contribution in [3.05, 3.63) is 113 Å². The summed E-state index contributed by atoms with van der Waals surface area (Å²) >= 11 is 0. The monoisotopic (exact) mass is 399 g/mol. The van der Waals surface area contributed by atoms with Crippen molar-refractivity contribution in [1.82, 2.24) is 4.57 Å². The molecule has 4 aromatic rings. The topological polar surface area (TPSA) is 56.1 Å². The van der Waals surface area contributed by atoms with Gasteiger partial charge < -0.3 is 8.98 Å². The largest absolute Gasteiger partial charge is 0.467 e. The normalized spacial score (nSPS) is 10.9. The molecule has 3 aromatic heterocycles. The van der Waals surface area contributed by atoms with Gasteiger partial charge in [0.25, 0.3) is 0 Å². The van der Waals surface area contributed by atoms with E-state index in [4.69, 9.17) is 4.42 Å². The van der Waals surface area contributed by atoms with E-state index in [1.165, 1.54) is 0 Å². The highest BCUT2D eigenvalue weighted by Crippen LogP contribution is 2.18. The van der Waals surface area contributed by atoms with Gasteiger partial charge in [-0.1, -0.05) is 30.3 Å². The van der Waals surface area contributed by atoms with E-state index < -0.39 is 0 Å². The Hall–Kier alpha value is -3.73. The average Bonchev–Trinajstić information content (AvgIpc) is 3.38. The lowest BCUT2D eigenvalue weighted by molar-refractivity contribution is -0.683. The Morgan fingerprint density at radius 2 is 1.63 bits per heavy atom. The Morgan fingerprint density at radius 3 is 2.30 bits per heavy atom. The van der Waals surface area contributed by atoms with Gasteiger partial charge in [-0.3, -0.25) is 9.59 Å². The lowest BCUT2D eigenvalue weighted by Gasteiger charge is -2.07. The summed E-state index contributed by atoms with van der Waals surface area (Å²) in [7, 11) is 0. The van der Waals surface area contributed by atoms with Gasteiger partial charge in [-0.25, -0.2) is 0 Å². The van der Waals surface area contributed by atoms with Crippen molar-refractivity contribution in [3.63, 3.8) is 0 Å². The molecule has 0 unspecified atom stereocenters. The Bertz CT molecular complexity index is 1170. The Balaban J connectivity index is 1.48. The number of aryl methyl sites for hydroxylation is 1. The van der Waals surface area contributed by atoms with Gasteiger partial charge in [0.2, 0.25) is 12.3 Å². The van der Waals surface area contributed by atoms with Gasteiger partial charge in [0.05, 0.1) is 12.8 Å². The second kappa shape index (κ2) is 8.33. The van der Waals surface area contributed by atoms with Crippen LogP contribution < -0.4 is 4.57 Å². The number of hydrogen-bond donors (Lipinski definition) is 0. The number of furan rings is 1. The first-order chi connectivity index (χ1) is 14.5. The van der Waals surface area contributed by atoms with Crippen molar-refractivity contribution in [3.8, 4) is 0 Å². The van der Waals surface area contributed by atoms with Crippen molar-refractivity contribution >= 4 is 11.6 Å². The van der Waals surface area contributed by atoms with E-state index in [0.29, 0.717) is 23.2 Å². The predicted molar refractivity (Wildman–Crippen MR) is 113 cm³/mol. The molecule has 30 heavy (non-hydrogen) atoms. The molecule has 5 nitrogen and oxygen atoms in total. The molecular formula is C25H23N2O3+. The third-order valence-electron chi connectivity index (χ3n) is 5.28. The van der Waals surface area contributed by atoms with Crippen LogP contribution in [0.15, 0.2) is 83.7 Å². The summed E-state index contributed by atoms with van der Waals surface area (Å²) < 4.78 is 9.31. The van der Waals surface area contributed by atoms with E-state index in [1.54, 1.807) is 47.5 Å². The molecular weight excluding hydrogens is 376 g/mol. The standard InChI is InChI=1S/C25H23N2O3/c1-18-15-23(19(2)27(18)16-22-9-6-14-30-22)24(28)17-26-12-10-21(11-13-26)25(29)20-7-4-3-5-8-20/h3-15H,16-17H2,1-2H3/q+1. The smallest absolute Gasteiger partial charge is 0.229 e. The molecule has 0 N–H and O–H groups in total. The number of Topliss-reactive ketones (excluding diaryl/α,β-unsaturated/α-hetero) is 1. The minimum absolute atomic E-state index is 0.0286. The van der Waals surface area contributed by atoms with Crippen LogP contribution in [0.5, 0.6) is 0 Å². The van der Waals surface area contributed by atoms with Crippen LogP contribution >= 0.6 is 0 Å². The molecule has 0 radical (unpaired) electrons. The molecule has 0 saturated heterocycles. The Morgan fingerprint density at radius 1 is 0.933 bits per heavy atom. The van der Waals surface area contributed by atoms with Gasteiger partial charge in [-0.15, -0.1) is 0 Å². The predicted octanol–water partition coefficient (Wildman–Crippen LogP) is 4.15. The maximum absolute atomic E-state index is 12.9.